The van der Waals surface area contributed by atoms with Gasteiger partial charge in [-0.3, -0.25) is 0 Å². The van der Waals surface area contributed by atoms with E-state index in [4.69, 9.17) is 27.9 Å². The van der Waals surface area contributed by atoms with Crippen LogP contribution in [0.25, 0.3) is 0 Å². The lowest BCUT2D eigenvalue weighted by atomic mass is 10.2. The fraction of sp³-hybridized carbons (Fsp3) is 0.538. The smallest absolute Gasteiger partial charge is 0.153 e. The largest absolute Gasteiger partial charge is 0.491 e. The van der Waals surface area contributed by atoms with Gasteiger partial charge in [-0.25, -0.2) is 8.42 Å². The van der Waals surface area contributed by atoms with Gasteiger partial charge in [-0.1, -0.05) is 37.0 Å². The van der Waals surface area contributed by atoms with Crippen LogP contribution in [0.4, 0.5) is 0 Å². The van der Waals surface area contributed by atoms with Crippen LogP contribution < -0.4 is 10.1 Å². The van der Waals surface area contributed by atoms with E-state index in [9.17, 15) is 8.42 Å². The van der Waals surface area contributed by atoms with Crippen LogP contribution in [0.3, 0.4) is 0 Å². The van der Waals surface area contributed by atoms with Gasteiger partial charge in [-0.2, -0.15) is 0 Å². The van der Waals surface area contributed by atoms with Crippen molar-refractivity contribution in [1.29, 1.82) is 0 Å². The lowest BCUT2D eigenvalue weighted by Gasteiger charge is -2.14. The molecule has 20 heavy (non-hydrogen) atoms. The van der Waals surface area contributed by atoms with Crippen LogP contribution in [-0.4, -0.2) is 33.1 Å². The predicted octanol–water partition coefficient (Wildman–Crippen LogP) is 2.92. The van der Waals surface area contributed by atoms with Gasteiger partial charge in [-0.05, 0) is 18.7 Å². The summed E-state index contributed by atoms with van der Waals surface area (Å²) in [5.74, 6) is 0.571. The van der Waals surface area contributed by atoms with Crippen LogP contribution in [-0.2, 0) is 16.4 Å². The van der Waals surface area contributed by atoms with E-state index in [1.165, 1.54) is 0 Å². The topological polar surface area (TPSA) is 55.4 Å². The monoisotopic (exact) mass is 339 g/mol. The van der Waals surface area contributed by atoms with Gasteiger partial charge in [0.2, 0.25) is 0 Å². The Morgan fingerprint density at radius 1 is 1.25 bits per heavy atom. The van der Waals surface area contributed by atoms with Gasteiger partial charge in [0.05, 0.1) is 10.8 Å². The molecule has 114 valence electrons. The number of rotatable bonds is 8. The minimum absolute atomic E-state index is 0.0247. The quantitative estimate of drug-likeness (QED) is 0.791. The van der Waals surface area contributed by atoms with Crippen molar-refractivity contribution in [2.45, 2.75) is 20.4 Å². The molecular formula is C13H19Cl2NO3S. The molecule has 1 rings (SSSR count). The first kappa shape index (κ1) is 17.6. The maximum atomic E-state index is 11.4. The third kappa shape index (κ3) is 5.48. The molecule has 0 aliphatic rings. The van der Waals surface area contributed by atoms with Gasteiger partial charge >= 0.3 is 0 Å². The van der Waals surface area contributed by atoms with E-state index in [-0.39, 0.29) is 18.1 Å². The molecule has 0 spiro atoms. The van der Waals surface area contributed by atoms with Crippen molar-refractivity contribution >= 4 is 33.0 Å². The first-order chi connectivity index (χ1) is 9.39. The molecule has 1 aromatic rings. The molecule has 0 saturated carbocycles. The molecule has 0 aliphatic heterocycles. The maximum absolute atomic E-state index is 11.4. The van der Waals surface area contributed by atoms with Crippen molar-refractivity contribution in [3.8, 4) is 5.75 Å². The molecule has 1 N–H and O–H groups in total. The molecule has 7 heteroatoms. The third-order valence-corrected chi connectivity index (χ3v) is 4.90. The van der Waals surface area contributed by atoms with Gasteiger partial charge in [0.1, 0.15) is 12.4 Å². The van der Waals surface area contributed by atoms with Gasteiger partial charge in [-0.15, -0.1) is 0 Å². The van der Waals surface area contributed by atoms with Gasteiger partial charge in [0.25, 0.3) is 0 Å². The van der Waals surface area contributed by atoms with Gasteiger partial charge in [0.15, 0.2) is 9.84 Å². The van der Waals surface area contributed by atoms with Crippen LogP contribution in [0.5, 0.6) is 5.75 Å². The Balaban J connectivity index is 2.82. The number of sulfone groups is 1. The van der Waals surface area contributed by atoms with E-state index < -0.39 is 9.84 Å². The molecule has 1 aromatic carbocycles. The summed E-state index contributed by atoms with van der Waals surface area (Å²) in [5.41, 5.74) is 0.818. The van der Waals surface area contributed by atoms with Crippen LogP contribution in [0, 0.1) is 0 Å². The molecule has 0 bridgehead atoms. The summed E-state index contributed by atoms with van der Waals surface area (Å²) in [6, 6.07) is 3.35. The second-order valence-corrected chi connectivity index (χ2v) is 7.56. The highest BCUT2D eigenvalue weighted by Crippen LogP contribution is 2.32. The zero-order chi connectivity index (χ0) is 15.2. The van der Waals surface area contributed by atoms with Crippen LogP contribution in [0.15, 0.2) is 12.1 Å². The molecule has 4 nitrogen and oxygen atoms in total. The molecular weight excluding hydrogens is 321 g/mol. The van der Waals surface area contributed by atoms with Crippen molar-refractivity contribution in [2.75, 3.05) is 24.7 Å². The second-order valence-electron chi connectivity index (χ2n) is 4.24. The number of hydrogen-bond acceptors (Lipinski definition) is 4. The van der Waals surface area contributed by atoms with Crippen molar-refractivity contribution in [3.05, 3.63) is 27.7 Å². The average Bonchev–Trinajstić information content (AvgIpc) is 2.38. The molecule has 0 heterocycles. The molecule has 0 unspecified atom stereocenters. The Morgan fingerprint density at radius 2 is 1.95 bits per heavy atom. The fourth-order valence-electron chi connectivity index (χ4n) is 1.58. The summed E-state index contributed by atoms with van der Waals surface area (Å²) in [5, 5.41) is 4.07. The summed E-state index contributed by atoms with van der Waals surface area (Å²) in [6.45, 7) is 5.04. The van der Waals surface area contributed by atoms with Crippen LogP contribution >= 0.6 is 23.2 Å². The Morgan fingerprint density at radius 3 is 2.55 bits per heavy atom. The summed E-state index contributed by atoms with van der Waals surface area (Å²) in [6.07, 6.45) is 0. The average molecular weight is 340 g/mol. The van der Waals surface area contributed by atoms with E-state index in [1.807, 2.05) is 6.92 Å². The lowest BCUT2D eigenvalue weighted by molar-refractivity contribution is 0.336. The van der Waals surface area contributed by atoms with E-state index in [1.54, 1.807) is 19.1 Å². The summed E-state index contributed by atoms with van der Waals surface area (Å²) < 4.78 is 28.4. The summed E-state index contributed by atoms with van der Waals surface area (Å²) >= 11 is 12.1. The van der Waals surface area contributed by atoms with Crippen LogP contribution in [0.1, 0.15) is 19.4 Å². The van der Waals surface area contributed by atoms with Crippen molar-refractivity contribution in [2.24, 2.45) is 0 Å². The SMILES string of the molecule is CCNCc1cc(Cl)cc(Cl)c1OCCS(=O)(=O)CC. The summed E-state index contributed by atoms with van der Waals surface area (Å²) in [7, 11) is -3.05. The highest BCUT2D eigenvalue weighted by Gasteiger charge is 2.13. The molecule has 0 aromatic heterocycles. The van der Waals surface area contributed by atoms with Crippen LogP contribution in [0.2, 0.25) is 10.0 Å². The van der Waals surface area contributed by atoms with E-state index in [0.717, 1.165) is 12.1 Å². The van der Waals surface area contributed by atoms with E-state index >= 15 is 0 Å². The maximum Gasteiger partial charge on any atom is 0.153 e. The number of ether oxygens (including phenoxy) is 1. The van der Waals surface area contributed by atoms with Crippen molar-refractivity contribution in [1.82, 2.24) is 5.32 Å². The Hall–Kier alpha value is -0.490. The Labute approximate surface area is 130 Å². The molecule has 0 radical (unpaired) electrons. The summed E-state index contributed by atoms with van der Waals surface area (Å²) in [4.78, 5) is 0. The standard InChI is InChI=1S/C13H19Cl2NO3S/c1-3-16-9-10-7-11(14)8-12(15)13(10)19-5-6-20(17,18)4-2/h7-8,16H,3-6,9H2,1-2H3. The number of halogens is 2. The predicted molar refractivity (Wildman–Crippen MR) is 83.7 cm³/mol. The molecule has 0 saturated heterocycles. The highest BCUT2D eigenvalue weighted by molar-refractivity contribution is 7.91. The molecule has 0 fully saturated rings. The van der Waals surface area contributed by atoms with Crippen molar-refractivity contribution in [3.63, 3.8) is 0 Å². The minimum Gasteiger partial charge on any atom is -0.491 e. The Kier molecular flexibility index (Phi) is 7.09. The normalized spacial score (nSPS) is 11.6. The molecule has 0 aliphatic carbocycles. The van der Waals surface area contributed by atoms with Crippen molar-refractivity contribution < 1.29 is 13.2 Å². The highest BCUT2D eigenvalue weighted by atomic mass is 35.5. The minimum atomic E-state index is -3.05. The number of nitrogens with one attached hydrogen (secondary N) is 1. The lowest BCUT2D eigenvalue weighted by Crippen LogP contribution is -2.17. The Bertz CT molecular complexity index is 547. The molecule has 0 atom stereocenters. The third-order valence-electron chi connectivity index (χ3n) is 2.73. The van der Waals surface area contributed by atoms with E-state index in [2.05, 4.69) is 5.32 Å². The fourth-order valence-corrected chi connectivity index (χ4v) is 2.80. The van der Waals surface area contributed by atoms with E-state index in [0.29, 0.717) is 22.3 Å². The first-order valence-electron chi connectivity index (χ1n) is 6.41. The van der Waals surface area contributed by atoms with Gasteiger partial charge in [0, 0.05) is 22.9 Å². The second kappa shape index (κ2) is 8.08. The number of benzene rings is 1. The number of hydrogen-bond donors (Lipinski definition) is 1. The zero-order valence-electron chi connectivity index (χ0n) is 11.6. The first-order valence-corrected chi connectivity index (χ1v) is 8.99. The molecule has 0 amide bonds. The zero-order valence-corrected chi connectivity index (χ0v) is 13.9. The van der Waals surface area contributed by atoms with Gasteiger partial charge < -0.3 is 10.1 Å².